The van der Waals surface area contributed by atoms with E-state index in [1.807, 2.05) is 0 Å². The number of nitrogens with two attached hydrogens (primary N) is 2. The van der Waals surface area contributed by atoms with Gasteiger partial charge in [0.1, 0.15) is 11.5 Å². The fraction of sp³-hybridized carbons (Fsp3) is 0.429. The van der Waals surface area contributed by atoms with Crippen molar-refractivity contribution in [3.8, 4) is 5.88 Å². The summed E-state index contributed by atoms with van der Waals surface area (Å²) in [6.45, 7) is 0.240. The predicted molar refractivity (Wildman–Crippen MR) is 84.0 cm³/mol. The molecule has 0 aliphatic carbocycles. The highest BCUT2D eigenvalue weighted by Gasteiger charge is 2.35. The summed E-state index contributed by atoms with van der Waals surface area (Å²) in [4.78, 5) is 15.1. The van der Waals surface area contributed by atoms with E-state index in [-0.39, 0.29) is 42.6 Å². The molecule has 24 heavy (non-hydrogen) atoms. The third-order valence-electron chi connectivity index (χ3n) is 3.72. The number of pyridine rings is 1. The zero-order valence-electron chi connectivity index (χ0n) is 12.9. The van der Waals surface area contributed by atoms with Crippen molar-refractivity contribution in [1.82, 2.24) is 9.29 Å². The highest BCUT2D eigenvalue weighted by Crippen LogP contribution is 2.24. The van der Waals surface area contributed by atoms with Crippen LogP contribution in [0.1, 0.15) is 6.42 Å². The van der Waals surface area contributed by atoms with E-state index in [1.165, 1.54) is 16.4 Å². The Kier molecular flexibility index (Phi) is 5.86. The number of amides is 1. The number of hydrogen-bond donors (Lipinski definition) is 2. The number of hydrogen-bond acceptors (Lipinski definition) is 6. The lowest BCUT2D eigenvalue weighted by Crippen LogP contribution is -2.31. The maximum atomic E-state index is 12.5. The molecule has 1 amide bonds. The largest absolute Gasteiger partial charge is 0.473 e. The number of sulfonamides is 1. The molecular formula is C14H19FN4O4S. The molecule has 1 atom stereocenters. The van der Waals surface area contributed by atoms with Crippen molar-refractivity contribution in [1.29, 1.82) is 0 Å². The summed E-state index contributed by atoms with van der Waals surface area (Å²) in [7, 11) is -3.75. The fourth-order valence-electron chi connectivity index (χ4n) is 2.23. The van der Waals surface area contributed by atoms with Crippen LogP contribution in [0.4, 0.5) is 4.39 Å². The van der Waals surface area contributed by atoms with Crippen molar-refractivity contribution in [2.75, 3.05) is 26.2 Å². The summed E-state index contributed by atoms with van der Waals surface area (Å²) in [5.74, 6) is -0.832. The fourth-order valence-corrected chi connectivity index (χ4v) is 3.68. The van der Waals surface area contributed by atoms with Gasteiger partial charge in [0.25, 0.3) is 0 Å². The lowest BCUT2D eigenvalue weighted by molar-refractivity contribution is -0.121. The topological polar surface area (TPSA) is 129 Å². The molecule has 1 saturated heterocycles. The van der Waals surface area contributed by atoms with Gasteiger partial charge in [-0.05, 0) is 12.5 Å². The Balaban J connectivity index is 2.05. The van der Waals surface area contributed by atoms with E-state index in [1.54, 1.807) is 0 Å². The Morgan fingerprint density at radius 3 is 2.75 bits per heavy atom. The van der Waals surface area contributed by atoms with E-state index >= 15 is 0 Å². The van der Waals surface area contributed by atoms with Crippen LogP contribution < -0.4 is 16.2 Å². The Bertz CT molecular complexity index is 721. The Labute approximate surface area is 139 Å². The van der Waals surface area contributed by atoms with Crippen molar-refractivity contribution in [3.05, 3.63) is 30.2 Å². The summed E-state index contributed by atoms with van der Waals surface area (Å²) >= 11 is 0. The molecule has 2 rings (SSSR count). The Morgan fingerprint density at radius 2 is 2.25 bits per heavy atom. The standard InChI is InChI=1S/C14H19FN4O4S/c15-5-10(6-16)9-23-13-2-1-12(7-18-13)24(21,22)19-4-3-11(8-19)14(17)20/h1-2,5,7,11H,3-4,6,8-9,16H2,(H2,17,20)/b10-5-/t11-/m1/s1. The van der Waals surface area contributed by atoms with Crippen molar-refractivity contribution >= 4 is 15.9 Å². The second kappa shape index (κ2) is 7.69. The van der Waals surface area contributed by atoms with Gasteiger partial charge in [0, 0.05) is 31.3 Å². The molecule has 0 spiro atoms. The average molecular weight is 358 g/mol. The molecule has 8 nitrogen and oxygen atoms in total. The lowest BCUT2D eigenvalue weighted by Gasteiger charge is -2.16. The van der Waals surface area contributed by atoms with Crippen LogP contribution >= 0.6 is 0 Å². The molecule has 0 unspecified atom stereocenters. The summed E-state index contributed by atoms with van der Waals surface area (Å²) in [6, 6.07) is 2.72. The molecule has 1 aromatic heterocycles. The molecule has 0 bridgehead atoms. The molecular weight excluding hydrogens is 339 g/mol. The number of carbonyl (C=O) groups is 1. The summed E-state index contributed by atoms with van der Waals surface area (Å²) < 4.78 is 43.8. The smallest absolute Gasteiger partial charge is 0.244 e. The summed E-state index contributed by atoms with van der Waals surface area (Å²) in [6.07, 6.45) is 1.92. The van der Waals surface area contributed by atoms with Gasteiger partial charge >= 0.3 is 0 Å². The van der Waals surface area contributed by atoms with Gasteiger partial charge in [0.05, 0.1) is 18.4 Å². The number of halogens is 1. The molecule has 0 saturated carbocycles. The van der Waals surface area contributed by atoms with E-state index in [9.17, 15) is 17.6 Å². The molecule has 1 aromatic rings. The molecule has 2 heterocycles. The summed E-state index contributed by atoms with van der Waals surface area (Å²) in [5.41, 5.74) is 10.8. The van der Waals surface area contributed by atoms with Crippen molar-refractivity contribution in [3.63, 3.8) is 0 Å². The summed E-state index contributed by atoms with van der Waals surface area (Å²) in [5, 5.41) is 0. The van der Waals surface area contributed by atoms with E-state index in [0.717, 1.165) is 6.20 Å². The maximum absolute atomic E-state index is 12.5. The van der Waals surface area contributed by atoms with Crippen LogP contribution in [0.15, 0.2) is 35.1 Å². The van der Waals surface area contributed by atoms with Crippen LogP contribution in [-0.4, -0.2) is 49.9 Å². The highest BCUT2D eigenvalue weighted by atomic mass is 32.2. The third-order valence-corrected chi connectivity index (χ3v) is 5.57. The van der Waals surface area contributed by atoms with E-state index in [4.69, 9.17) is 16.2 Å². The first-order valence-corrected chi connectivity index (χ1v) is 8.69. The van der Waals surface area contributed by atoms with Gasteiger partial charge in [0.2, 0.25) is 21.8 Å². The van der Waals surface area contributed by atoms with E-state index in [2.05, 4.69) is 4.98 Å². The molecule has 0 aromatic carbocycles. The average Bonchev–Trinajstić information content (AvgIpc) is 3.07. The predicted octanol–water partition coefficient (Wildman–Crippen LogP) is -0.232. The van der Waals surface area contributed by atoms with Crippen LogP contribution in [0.25, 0.3) is 0 Å². The van der Waals surface area contributed by atoms with Crippen molar-refractivity contribution < 1.29 is 22.3 Å². The number of nitrogens with zero attached hydrogens (tertiary/aromatic N) is 2. The van der Waals surface area contributed by atoms with Gasteiger partial charge in [0.15, 0.2) is 0 Å². The minimum Gasteiger partial charge on any atom is -0.473 e. The number of primary amides is 1. The van der Waals surface area contributed by atoms with Crippen LogP contribution in [0, 0.1) is 5.92 Å². The van der Waals surface area contributed by atoms with Gasteiger partial charge in [-0.25, -0.2) is 17.8 Å². The first kappa shape index (κ1) is 18.3. The minimum atomic E-state index is -3.75. The van der Waals surface area contributed by atoms with Gasteiger partial charge in [-0.3, -0.25) is 4.79 Å². The van der Waals surface area contributed by atoms with Gasteiger partial charge in [-0.1, -0.05) is 0 Å². The van der Waals surface area contributed by atoms with Crippen LogP contribution in [0.3, 0.4) is 0 Å². The molecule has 0 radical (unpaired) electrons. The maximum Gasteiger partial charge on any atom is 0.244 e. The normalized spacial score (nSPS) is 19.4. The number of carbonyl (C=O) groups excluding carboxylic acids is 1. The zero-order chi connectivity index (χ0) is 17.7. The van der Waals surface area contributed by atoms with Gasteiger partial charge in [-0.2, -0.15) is 4.31 Å². The first-order chi connectivity index (χ1) is 11.4. The molecule has 132 valence electrons. The van der Waals surface area contributed by atoms with Crippen LogP contribution in [-0.2, 0) is 14.8 Å². The van der Waals surface area contributed by atoms with Crippen LogP contribution in [0.5, 0.6) is 5.88 Å². The number of ether oxygens (including phenoxy) is 1. The first-order valence-electron chi connectivity index (χ1n) is 7.25. The van der Waals surface area contributed by atoms with E-state index in [0.29, 0.717) is 12.8 Å². The van der Waals surface area contributed by atoms with Gasteiger partial charge in [-0.15, -0.1) is 0 Å². The second-order valence-electron chi connectivity index (χ2n) is 5.34. The molecule has 10 heteroatoms. The monoisotopic (exact) mass is 358 g/mol. The zero-order valence-corrected chi connectivity index (χ0v) is 13.7. The molecule has 1 aliphatic rings. The minimum absolute atomic E-state index is 0.0128. The number of aromatic nitrogens is 1. The lowest BCUT2D eigenvalue weighted by atomic mass is 10.1. The Morgan fingerprint density at radius 1 is 1.50 bits per heavy atom. The van der Waals surface area contributed by atoms with Crippen molar-refractivity contribution in [2.45, 2.75) is 11.3 Å². The highest BCUT2D eigenvalue weighted by molar-refractivity contribution is 7.89. The SMILES string of the molecule is NC/C(=C/F)COc1ccc(S(=O)(=O)N2CC[C@@H](C(N)=O)C2)cn1. The third kappa shape index (κ3) is 4.08. The molecule has 4 N–H and O–H groups in total. The Hall–Kier alpha value is -2.04. The van der Waals surface area contributed by atoms with E-state index < -0.39 is 21.8 Å². The van der Waals surface area contributed by atoms with Crippen molar-refractivity contribution in [2.24, 2.45) is 17.4 Å². The molecule has 1 aliphatic heterocycles. The quantitative estimate of drug-likeness (QED) is 0.693. The second-order valence-corrected chi connectivity index (χ2v) is 7.28. The van der Waals surface area contributed by atoms with Gasteiger partial charge < -0.3 is 16.2 Å². The van der Waals surface area contributed by atoms with Crippen LogP contribution in [0.2, 0.25) is 0 Å². The molecule has 1 fully saturated rings. The number of rotatable bonds is 7.